The Morgan fingerprint density at radius 3 is 1.97 bits per heavy atom. The normalized spacial score (nSPS) is 11.8. The largest absolute Gasteiger partial charge is 0.493 e. The predicted molar refractivity (Wildman–Crippen MR) is 109 cm³/mol. The number of alkyl halides is 3. The van der Waals surface area contributed by atoms with Gasteiger partial charge in [0.15, 0.2) is 17.5 Å². The molecule has 0 aliphatic rings. The van der Waals surface area contributed by atoms with Crippen molar-refractivity contribution >= 4 is 5.96 Å². The number of hydrogen-bond acceptors (Lipinski definition) is 4. The van der Waals surface area contributed by atoms with Crippen molar-refractivity contribution in [3.05, 3.63) is 53.1 Å². The summed E-state index contributed by atoms with van der Waals surface area (Å²) in [6.45, 7) is 0.969. The van der Waals surface area contributed by atoms with Crippen molar-refractivity contribution < 1.29 is 27.4 Å². The van der Waals surface area contributed by atoms with Gasteiger partial charge in [-0.1, -0.05) is 12.1 Å². The zero-order chi connectivity index (χ0) is 22.1. The molecule has 0 saturated heterocycles. The summed E-state index contributed by atoms with van der Waals surface area (Å²) in [4.78, 5) is 4.16. The van der Waals surface area contributed by atoms with Gasteiger partial charge in [0, 0.05) is 20.1 Å². The highest BCUT2D eigenvalue weighted by Gasteiger charge is 2.29. The van der Waals surface area contributed by atoms with Gasteiger partial charge < -0.3 is 24.8 Å². The molecule has 0 atom stereocenters. The van der Waals surface area contributed by atoms with Crippen molar-refractivity contribution in [3.63, 3.8) is 0 Å². The molecule has 0 aliphatic heterocycles. The molecule has 2 aromatic carbocycles. The molecule has 0 fully saturated rings. The Kier molecular flexibility index (Phi) is 8.20. The lowest BCUT2D eigenvalue weighted by Gasteiger charge is -2.16. The van der Waals surface area contributed by atoms with Crippen molar-refractivity contribution in [1.29, 1.82) is 0 Å². The van der Waals surface area contributed by atoms with Crippen LogP contribution in [0.3, 0.4) is 0 Å². The molecule has 2 rings (SSSR count). The second kappa shape index (κ2) is 10.6. The van der Waals surface area contributed by atoms with Crippen LogP contribution in [0.4, 0.5) is 13.2 Å². The predicted octanol–water partition coefficient (Wildman–Crippen LogP) is 3.64. The number of hydrogen-bond donors (Lipinski definition) is 2. The van der Waals surface area contributed by atoms with E-state index < -0.39 is 11.7 Å². The summed E-state index contributed by atoms with van der Waals surface area (Å²) < 4.78 is 53.9. The van der Waals surface area contributed by atoms with Gasteiger partial charge >= 0.3 is 6.18 Å². The Morgan fingerprint density at radius 1 is 0.900 bits per heavy atom. The second-order valence-electron chi connectivity index (χ2n) is 6.33. The number of halogens is 3. The molecule has 0 aliphatic carbocycles. The van der Waals surface area contributed by atoms with Crippen molar-refractivity contribution in [2.24, 2.45) is 4.99 Å². The second-order valence-corrected chi connectivity index (χ2v) is 6.33. The Morgan fingerprint density at radius 2 is 1.50 bits per heavy atom. The van der Waals surface area contributed by atoms with Crippen LogP contribution in [0.15, 0.2) is 41.4 Å². The molecule has 2 aromatic rings. The topological polar surface area (TPSA) is 64.1 Å². The number of ether oxygens (including phenoxy) is 3. The Balaban J connectivity index is 1.91. The van der Waals surface area contributed by atoms with Crippen molar-refractivity contribution in [1.82, 2.24) is 10.6 Å². The Hall–Kier alpha value is -3.10. The number of aliphatic imine (C=N–C) groups is 1. The zero-order valence-corrected chi connectivity index (χ0v) is 17.4. The van der Waals surface area contributed by atoms with E-state index in [1.807, 2.05) is 12.1 Å². The van der Waals surface area contributed by atoms with E-state index in [-0.39, 0.29) is 0 Å². The van der Waals surface area contributed by atoms with Crippen LogP contribution in [-0.2, 0) is 19.1 Å². The summed E-state index contributed by atoms with van der Waals surface area (Å²) in [6.07, 6.45) is -3.77. The number of benzene rings is 2. The summed E-state index contributed by atoms with van der Waals surface area (Å²) in [5, 5.41) is 6.32. The molecule has 0 radical (unpaired) electrons. The summed E-state index contributed by atoms with van der Waals surface area (Å²) in [5.74, 6) is 2.19. The number of methoxy groups -OCH3 is 3. The molecule has 30 heavy (non-hydrogen) atoms. The van der Waals surface area contributed by atoms with Gasteiger partial charge in [0.1, 0.15) is 0 Å². The maximum absolute atomic E-state index is 12.6. The highest BCUT2D eigenvalue weighted by atomic mass is 19.4. The first-order chi connectivity index (χ1) is 14.3. The molecule has 0 saturated carbocycles. The third-order valence-corrected chi connectivity index (χ3v) is 4.40. The van der Waals surface area contributed by atoms with E-state index in [4.69, 9.17) is 14.2 Å². The maximum Gasteiger partial charge on any atom is 0.416 e. The lowest BCUT2D eigenvalue weighted by Crippen LogP contribution is -2.37. The SMILES string of the molecule is CN=C(NCCc1ccc(C(F)(F)F)cc1)NCc1cc(OC)c(OC)c(OC)c1. The van der Waals surface area contributed by atoms with Crippen LogP contribution in [-0.4, -0.2) is 40.9 Å². The van der Waals surface area contributed by atoms with E-state index in [0.717, 1.165) is 23.3 Å². The summed E-state index contributed by atoms with van der Waals surface area (Å²) in [5.41, 5.74) is 1.05. The van der Waals surface area contributed by atoms with Crippen LogP contribution >= 0.6 is 0 Å². The quantitative estimate of drug-likeness (QED) is 0.500. The molecular weight excluding hydrogens is 399 g/mol. The van der Waals surface area contributed by atoms with E-state index >= 15 is 0 Å². The average Bonchev–Trinajstić information content (AvgIpc) is 2.74. The van der Waals surface area contributed by atoms with Gasteiger partial charge in [-0.15, -0.1) is 0 Å². The van der Waals surface area contributed by atoms with Gasteiger partial charge in [-0.3, -0.25) is 4.99 Å². The minimum Gasteiger partial charge on any atom is -0.493 e. The Bertz CT molecular complexity index is 828. The molecule has 0 bridgehead atoms. The van der Waals surface area contributed by atoms with Crippen LogP contribution in [0.2, 0.25) is 0 Å². The van der Waals surface area contributed by atoms with Crippen LogP contribution < -0.4 is 24.8 Å². The first-order valence-electron chi connectivity index (χ1n) is 9.22. The minimum atomic E-state index is -4.32. The lowest BCUT2D eigenvalue weighted by atomic mass is 10.1. The number of guanidine groups is 1. The first kappa shape index (κ1) is 23.2. The summed E-state index contributed by atoms with van der Waals surface area (Å²) in [6, 6.07) is 8.82. The average molecular weight is 425 g/mol. The fourth-order valence-corrected chi connectivity index (χ4v) is 2.83. The van der Waals surface area contributed by atoms with E-state index in [2.05, 4.69) is 15.6 Å². The van der Waals surface area contributed by atoms with Gasteiger partial charge in [0.05, 0.1) is 26.9 Å². The highest BCUT2D eigenvalue weighted by molar-refractivity contribution is 5.79. The fraction of sp³-hybridized carbons (Fsp3) is 0.381. The van der Waals surface area contributed by atoms with Crippen LogP contribution in [0.5, 0.6) is 17.2 Å². The van der Waals surface area contributed by atoms with Crippen molar-refractivity contribution in [2.75, 3.05) is 34.9 Å². The molecular formula is C21H26F3N3O3. The van der Waals surface area contributed by atoms with Crippen LogP contribution in [0.25, 0.3) is 0 Å². The highest BCUT2D eigenvalue weighted by Crippen LogP contribution is 2.38. The maximum atomic E-state index is 12.6. The monoisotopic (exact) mass is 425 g/mol. The molecule has 2 N–H and O–H groups in total. The summed E-state index contributed by atoms with van der Waals surface area (Å²) in [7, 11) is 6.29. The smallest absolute Gasteiger partial charge is 0.416 e. The number of nitrogens with zero attached hydrogens (tertiary/aromatic N) is 1. The van der Waals surface area contributed by atoms with Crippen molar-refractivity contribution in [2.45, 2.75) is 19.1 Å². The zero-order valence-electron chi connectivity index (χ0n) is 17.4. The minimum absolute atomic E-state index is 0.455. The van der Waals surface area contributed by atoms with Gasteiger partial charge in [0.25, 0.3) is 0 Å². The van der Waals surface area contributed by atoms with E-state index in [0.29, 0.717) is 42.7 Å². The molecule has 0 amide bonds. The van der Waals surface area contributed by atoms with E-state index in [1.54, 1.807) is 28.4 Å². The molecule has 6 nitrogen and oxygen atoms in total. The van der Waals surface area contributed by atoms with Gasteiger partial charge in [-0.25, -0.2) is 0 Å². The number of nitrogens with one attached hydrogen (secondary N) is 2. The number of rotatable bonds is 8. The fourth-order valence-electron chi connectivity index (χ4n) is 2.83. The van der Waals surface area contributed by atoms with Crippen LogP contribution in [0, 0.1) is 0 Å². The van der Waals surface area contributed by atoms with E-state index in [9.17, 15) is 13.2 Å². The van der Waals surface area contributed by atoms with Gasteiger partial charge in [-0.2, -0.15) is 13.2 Å². The van der Waals surface area contributed by atoms with E-state index in [1.165, 1.54) is 12.1 Å². The third kappa shape index (κ3) is 6.20. The molecule has 0 heterocycles. The first-order valence-corrected chi connectivity index (χ1v) is 9.22. The molecule has 0 unspecified atom stereocenters. The molecule has 164 valence electrons. The van der Waals surface area contributed by atoms with Crippen molar-refractivity contribution in [3.8, 4) is 17.2 Å². The van der Waals surface area contributed by atoms with Gasteiger partial charge in [0.2, 0.25) is 5.75 Å². The Labute approximate surface area is 174 Å². The summed E-state index contributed by atoms with van der Waals surface area (Å²) >= 11 is 0. The molecule has 0 spiro atoms. The molecule has 9 heteroatoms. The van der Waals surface area contributed by atoms with Crippen LogP contribution in [0.1, 0.15) is 16.7 Å². The molecule has 0 aromatic heterocycles. The lowest BCUT2D eigenvalue weighted by molar-refractivity contribution is -0.137. The third-order valence-electron chi connectivity index (χ3n) is 4.40. The standard InChI is InChI=1S/C21H26F3N3O3/c1-25-20(26-10-9-14-5-7-16(8-6-14)21(22,23)24)27-13-15-11-17(28-2)19(30-4)18(12-15)29-3/h5-8,11-12H,9-10,13H2,1-4H3,(H2,25,26,27). The van der Waals surface area contributed by atoms with Gasteiger partial charge in [-0.05, 0) is 41.8 Å².